The van der Waals surface area contributed by atoms with E-state index in [2.05, 4.69) is 5.32 Å². The highest BCUT2D eigenvalue weighted by Crippen LogP contribution is 2.24. The molecule has 0 bridgehead atoms. The fraction of sp³-hybridized carbons (Fsp3) is 0.400. The van der Waals surface area contributed by atoms with Crippen molar-refractivity contribution in [3.63, 3.8) is 0 Å². The molecule has 0 spiro atoms. The minimum absolute atomic E-state index is 0.0420. The summed E-state index contributed by atoms with van der Waals surface area (Å²) in [5, 5.41) is 2.99. The first-order valence-corrected chi connectivity index (χ1v) is 8.89. The molecule has 0 radical (unpaired) electrons. The third kappa shape index (κ3) is 3.95. The van der Waals surface area contributed by atoms with Crippen LogP contribution in [-0.4, -0.2) is 39.9 Å². The molecule has 6 heteroatoms. The minimum atomic E-state index is -0.285. The highest BCUT2D eigenvalue weighted by atomic mass is 19.1. The third-order valence-electron chi connectivity index (χ3n) is 4.95. The number of carbonyl (C=O) groups excluding carboxylic acids is 2. The summed E-state index contributed by atoms with van der Waals surface area (Å²) in [5.41, 5.74) is 1.57. The number of rotatable bonds is 4. The molecule has 2 heterocycles. The molecule has 1 fully saturated rings. The summed E-state index contributed by atoms with van der Waals surface area (Å²) in [6.45, 7) is 2.14. The van der Waals surface area contributed by atoms with Gasteiger partial charge in [0.05, 0.1) is 6.04 Å². The van der Waals surface area contributed by atoms with Crippen LogP contribution in [0.25, 0.3) is 0 Å². The van der Waals surface area contributed by atoms with Crippen LogP contribution in [0.3, 0.4) is 0 Å². The monoisotopic (exact) mass is 357 g/mol. The first kappa shape index (κ1) is 18.2. The molecule has 0 unspecified atom stereocenters. The second-order valence-electron chi connectivity index (χ2n) is 6.85. The molecule has 1 saturated heterocycles. The van der Waals surface area contributed by atoms with Crippen molar-refractivity contribution in [2.75, 3.05) is 6.54 Å². The van der Waals surface area contributed by atoms with E-state index in [1.165, 1.54) is 19.1 Å². The number of hydrogen-bond donors (Lipinski definition) is 1. The van der Waals surface area contributed by atoms with Gasteiger partial charge < -0.3 is 14.8 Å². The second kappa shape index (κ2) is 7.72. The van der Waals surface area contributed by atoms with Crippen molar-refractivity contribution < 1.29 is 14.0 Å². The molecule has 0 saturated carbocycles. The minimum Gasteiger partial charge on any atom is -0.352 e. The van der Waals surface area contributed by atoms with Crippen LogP contribution in [0.4, 0.5) is 4.39 Å². The van der Waals surface area contributed by atoms with Gasteiger partial charge in [-0.2, -0.15) is 0 Å². The number of likely N-dealkylation sites (tertiary alicyclic amines) is 1. The lowest BCUT2D eigenvalue weighted by Crippen LogP contribution is -2.57. The Kier molecular flexibility index (Phi) is 5.40. The molecular formula is C20H24FN3O2. The van der Waals surface area contributed by atoms with Crippen LogP contribution < -0.4 is 5.32 Å². The van der Waals surface area contributed by atoms with Crippen molar-refractivity contribution in [3.8, 4) is 0 Å². The fourth-order valence-electron chi connectivity index (χ4n) is 3.68. The molecule has 2 amide bonds. The number of benzene rings is 1. The van der Waals surface area contributed by atoms with Gasteiger partial charge in [0.15, 0.2) is 0 Å². The molecule has 3 rings (SSSR count). The van der Waals surface area contributed by atoms with Crippen molar-refractivity contribution in [1.82, 2.24) is 14.8 Å². The van der Waals surface area contributed by atoms with Crippen LogP contribution in [0.15, 0.2) is 42.6 Å². The van der Waals surface area contributed by atoms with Crippen LogP contribution in [0.2, 0.25) is 0 Å². The van der Waals surface area contributed by atoms with Gasteiger partial charge in [-0.1, -0.05) is 12.1 Å². The van der Waals surface area contributed by atoms with E-state index >= 15 is 0 Å². The van der Waals surface area contributed by atoms with Gasteiger partial charge in [0.2, 0.25) is 5.91 Å². The van der Waals surface area contributed by atoms with Crippen molar-refractivity contribution in [2.45, 2.75) is 38.3 Å². The number of nitrogens with zero attached hydrogens (tertiary/aromatic N) is 2. The Morgan fingerprint density at radius 1 is 1.23 bits per heavy atom. The van der Waals surface area contributed by atoms with Gasteiger partial charge in [-0.25, -0.2) is 4.39 Å². The van der Waals surface area contributed by atoms with Crippen LogP contribution in [0, 0.1) is 5.82 Å². The van der Waals surface area contributed by atoms with Crippen LogP contribution in [-0.2, 0) is 18.3 Å². The van der Waals surface area contributed by atoms with Crippen LogP contribution >= 0.6 is 0 Å². The number of aryl methyl sites for hydroxylation is 1. The molecule has 26 heavy (non-hydrogen) atoms. The van der Waals surface area contributed by atoms with Gasteiger partial charge in [0, 0.05) is 32.8 Å². The van der Waals surface area contributed by atoms with Gasteiger partial charge >= 0.3 is 0 Å². The van der Waals surface area contributed by atoms with E-state index in [0.29, 0.717) is 18.7 Å². The first-order chi connectivity index (χ1) is 12.5. The lowest BCUT2D eigenvalue weighted by atomic mass is 9.90. The number of amides is 2. The summed E-state index contributed by atoms with van der Waals surface area (Å²) in [5.74, 6) is -0.431. The molecule has 1 N–H and O–H groups in total. The summed E-state index contributed by atoms with van der Waals surface area (Å²) in [4.78, 5) is 26.6. The van der Waals surface area contributed by atoms with Crippen molar-refractivity contribution in [1.29, 1.82) is 0 Å². The van der Waals surface area contributed by atoms with Crippen LogP contribution in [0.1, 0.15) is 35.8 Å². The number of carbonyl (C=O) groups is 2. The quantitative estimate of drug-likeness (QED) is 0.914. The lowest BCUT2D eigenvalue weighted by Gasteiger charge is -2.41. The summed E-state index contributed by atoms with van der Waals surface area (Å²) in [6, 6.07) is 9.69. The van der Waals surface area contributed by atoms with E-state index in [4.69, 9.17) is 0 Å². The summed E-state index contributed by atoms with van der Waals surface area (Å²) >= 11 is 0. The molecule has 2 aromatic rings. The standard InChI is InChI=1S/C20H24FN3O2/c1-14(25)22-17-5-3-12-24(20(26)18-6-4-11-23(18)2)19(17)13-15-7-9-16(21)10-8-15/h4,6-11,17,19H,3,5,12-13H2,1-2H3,(H,22,25)/t17-,19-/m0/s1. The molecule has 1 aliphatic heterocycles. The van der Waals surface area contributed by atoms with E-state index < -0.39 is 0 Å². The second-order valence-corrected chi connectivity index (χ2v) is 6.85. The SMILES string of the molecule is CC(=O)N[C@H]1CCCN(C(=O)c2cccn2C)[C@H]1Cc1ccc(F)cc1. The molecule has 1 aliphatic rings. The maximum absolute atomic E-state index is 13.2. The average molecular weight is 357 g/mol. The zero-order chi connectivity index (χ0) is 18.7. The zero-order valence-corrected chi connectivity index (χ0v) is 15.1. The highest BCUT2D eigenvalue weighted by molar-refractivity contribution is 5.93. The molecular weight excluding hydrogens is 333 g/mol. The lowest BCUT2D eigenvalue weighted by molar-refractivity contribution is -0.120. The van der Waals surface area contributed by atoms with Crippen molar-refractivity contribution in [3.05, 3.63) is 59.7 Å². The largest absolute Gasteiger partial charge is 0.352 e. The van der Waals surface area contributed by atoms with Gasteiger partial charge in [-0.3, -0.25) is 9.59 Å². The summed E-state index contributed by atoms with van der Waals surface area (Å²) in [6.07, 6.45) is 4.07. The zero-order valence-electron chi connectivity index (χ0n) is 15.1. The van der Waals surface area contributed by atoms with E-state index in [9.17, 15) is 14.0 Å². The van der Waals surface area contributed by atoms with Crippen molar-refractivity contribution >= 4 is 11.8 Å². The van der Waals surface area contributed by atoms with E-state index in [1.807, 2.05) is 24.2 Å². The summed E-state index contributed by atoms with van der Waals surface area (Å²) < 4.78 is 15.0. The Bertz CT molecular complexity index is 785. The third-order valence-corrected chi connectivity index (χ3v) is 4.95. The van der Waals surface area contributed by atoms with Crippen LogP contribution in [0.5, 0.6) is 0 Å². The number of hydrogen-bond acceptors (Lipinski definition) is 2. The van der Waals surface area contributed by atoms with Crippen molar-refractivity contribution in [2.24, 2.45) is 7.05 Å². The highest BCUT2D eigenvalue weighted by Gasteiger charge is 2.35. The van der Waals surface area contributed by atoms with Gasteiger partial charge in [0.1, 0.15) is 11.5 Å². The number of piperidine rings is 1. The Balaban J connectivity index is 1.89. The van der Waals surface area contributed by atoms with Gasteiger partial charge in [-0.15, -0.1) is 0 Å². The number of nitrogens with one attached hydrogen (secondary N) is 1. The summed E-state index contributed by atoms with van der Waals surface area (Å²) in [7, 11) is 1.84. The van der Waals surface area contributed by atoms with E-state index in [0.717, 1.165) is 18.4 Å². The number of aromatic nitrogens is 1. The average Bonchev–Trinajstić information content (AvgIpc) is 3.03. The molecule has 1 aromatic heterocycles. The maximum atomic E-state index is 13.2. The predicted octanol–water partition coefficient (Wildman–Crippen LogP) is 2.52. The molecule has 138 valence electrons. The maximum Gasteiger partial charge on any atom is 0.270 e. The van der Waals surface area contributed by atoms with E-state index in [-0.39, 0.29) is 29.7 Å². The number of halogens is 1. The smallest absolute Gasteiger partial charge is 0.270 e. The Hall–Kier alpha value is -2.63. The Morgan fingerprint density at radius 3 is 2.58 bits per heavy atom. The Morgan fingerprint density at radius 2 is 1.96 bits per heavy atom. The molecule has 1 aromatic carbocycles. The van der Waals surface area contributed by atoms with E-state index in [1.54, 1.807) is 22.8 Å². The molecule has 0 aliphatic carbocycles. The van der Waals surface area contributed by atoms with Gasteiger partial charge in [-0.05, 0) is 49.1 Å². The molecule has 5 nitrogen and oxygen atoms in total. The molecule has 2 atom stereocenters. The first-order valence-electron chi connectivity index (χ1n) is 8.89. The predicted molar refractivity (Wildman–Crippen MR) is 97.2 cm³/mol. The van der Waals surface area contributed by atoms with Gasteiger partial charge in [0.25, 0.3) is 5.91 Å². The fourth-order valence-corrected chi connectivity index (χ4v) is 3.68. The normalized spacial score (nSPS) is 20.0. The topological polar surface area (TPSA) is 54.3 Å². The Labute approximate surface area is 152 Å².